The van der Waals surface area contributed by atoms with Crippen LogP contribution in [0.4, 0.5) is 4.39 Å². The van der Waals surface area contributed by atoms with Gasteiger partial charge in [0.1, 0.15) is 17.0 Å². The molecule has 0 aliphatic heterocycles. The van der Waals surface area contributed by atoms with Crippen molar-refractivity contribution in [2.45, 2.75) is 13.0 Å². The molecule has 3 rings (SSSR count). The van der Waals surface area contributed by atoms with Gasteiger partial charge in [0.2, 0.25) is 0 Å². The van der Waals surface area contributed by atoms with E-state index in [1.807, 2.05) is 0 Å². The van der Waals surface area contributed by atoms with Crippen molar-refractivity contribution < 1.29 is 9.18 Å². The molecule has 0 fully saturated rings. The van der Waals surface area contributed by atoms with Crippen LogP contribution in [-0.2, 0) is 0 Å². The second-order valence-electron chi connectivity index (χ2n) is 5.35. The smallest absolute Gasteiger partial charge is 0.262 e. The molecule has 0 radical (unpaired) electrons. The largest absolute Gasteiger partial charge is 0.345 e. The van der Waals surface area contributed by atoms with Crippen LogP contribution in [-0.4, -0.2) is 15.9 Å². The van der Waals surface area contributed by atoms with E-state index in [1.165, 1.54) is 18.2 Å². The summed E-state index contributed by atoms with van der Waals surface area (Å²) in [5, 5.41) is 3.38. The minimum Gasteiger partial charge on any atom is -0.345 e. The first-order valence-corrected chi connectivity index (χ1v) is 7.98. The Bertz CT molecular complexity index is 970. The van der Waals surface area contributed by atoms with Gasteiger partial charge in [-0.15, -0.1) is 0 Å². The molecule has 2 N–H and O–H groups in total. The van der Waals surface area contributed by atoms with Crippen molar-refractivity contribution >= 4 is 32.9 Å². The number of nitrogens with zero attached hydrogens (tertiary/aromatic N) is 1. The normalized spacial score (nSPS) is 12.1. The highest BCUT2D eigenvalue weighted by atomic mass is 79.9. The molecule has 7 heteroatoms. The molecule has 24 heavy (non-hydrogen) atoms. The molecule has 0 aliphatic rings. The van der Waals surface area contributed by atoms with Crippen LogP contribution in [0, 0.1) is 5.82 Å². The highest BCUT2D eigenvalue weighted by molar-refractivity contribution is 9.10. The Kier molecular flexibility index (Phi) is 4.44. The fourth-order valence-electron chi connectivity index (χ4n) is 2.34. The van der Waals surface area contributed by atoms with Crippen LogP contribution in [0.3, 0.4) is 0 Å². The number of fused-ring (bicyclic) bond motifs is 1. The third-order valence-electron chi connectivity index (χ3n) is 3.62. The van der Waals surface area contributed by atoms with Gasteiger partial charge in [-0.2, -0.15) is 0 Å². The van der Waals surface area contributed by atoms with Gasteiger partial charge in [0.05, 0.1) is 6.04 Å². The monoisotopic (exact) mass is 389 g/mol. The number of amides is 1. The predicted octanol–water partition coefficient (Wildman–Crippen LogP) is 3.32. The van der Waals surface area contributed by atoms with E-state index >= 15 is 0 Å². The van der Waals surface area contributed by atoms with E-state index in [-0.39, 0.29) is 17.4 Å². The Hall–Kier alpha value is -2.54. The summed E-state index contributed by atoms with van der Waals surface area (Å²) in [6, 6.07) is 8.72. The van der Waals surface area contributed by atoms with Gasteiger partial charge in [-0.05, 0) is 52.7 Å². The van der Waals surface area contributed by atoms with Gasteiger partial charge in [-0.3, -0.25) is 9.59 Å². The van der Waals surface area contributed by atoms with Crippen LogP contribution in [0.15, 0.2) is 51.9 Å². The highest BCUT2D eigenvalue weighted by Gasteiger charge is 2.16. The van der Waals surface area contributed by atoms with E-state index in [2.05, 4.69) is 31.2 Å². The average molecular weight is 390 g/mol. The summed E-state index contributed by atoms with van der Waals surface area (Å²) in [5.74, 6) is -0.851. The topological polar surface area (TPSA) is 74.8 Å². The van der Waals surface area contributed by atoms with E-state index in [4.69, 9.17) is 0 Å². The van der Waals surface area contributed by atoms with E-state index < -0.39 is 11.5 Å². The standard InChI is InChI=1S/C17H13BrFN3O2/c1-9(10-2-4-13(19)5-3-10)21-16(23)14-7-11-6-12(18)8-20-15(11)22-17(14)24/h2-9H,1H3,(H,21,23)(H,20,22,24)/t9-/m1/s1. The first kappa shape index (κ1) is 16.3. The molecule has 1 aromatic carbocycles. The second kappa shape index (κ2) is 6.52. The lowest BCUT2D eigenvalue weighted by atomic mass is 10.1. The Labute approximate surface area is 145 Å². The SMILES string of the molecule is C[C@@H](NC(=O)c1cc2cc(Br)cnc2[nH]c1=O)c1ccc(F)cc1. The van der Waals surface area contributed by atoms with Crippen molar-refractivity contribution in [2.24, 2.45) is 0 Å². The molecule has 3 aromatic rings. The molecule has 1 atom stereocenters. The molecule has 0 saturated carbocycles. The number of H-pyrrole nitrogens is 1. The molecule has 1 amide bonds. The minimum atomic E-state index is -0.513. The van der Waals surface area contributed by atoms with Gasteiger partial charge >= 0.3 is 0 Å². The van der Waals surface area contributed by atoms with Crippen molar-refractivity contribution in [3.63, 3.8) is 0 Å². The molecule has 0 aliphatic carbocycles. The third-order valence-corrected chi connectivity index (χ3v) is 4.06. The van der Waals surface area contributed by atoms with Crippen molar-refractivity contribution in [1.82, 2.24) is 15.3 Å². The van der Waals surface area contributed by atoms with Crippen molar-refractivity contribution in [3.8, 4) is 0 Å². The Balaban J connectivity index is 1.89. The molecule has 5 nitrogen and oxygen atoms in total. The molecular weight excluding hydrogens is 377 g/mol. The lowest BCUT2D eigenvalue weighted by Crippen LogP contribution is -2.31. The van der Waals surface area contributed by atoms with Gasteiger partial charge in [0.15, 0.2) is 0 Å². The number of aromatic nitrogens is 2. The molecule has 0 unspecified atom stereocenters. The lowest BCUT2D eigenvalue weighted by molar-refractivity contribution is 0.0938. The van der Waals surface area contributed by atoms with Crippen LogP contribution in [0.5, 0.6) is 0 Å². The minimum absolute atomic E-state index is 0.00337. The quantitative estimate of drug-likeness (QED) is 0.721. The summed E-state index contributed by atoms with van der Waals surface area (Å²) in [4.78, 5) is 31.2. The van der Waals surface area contributed by atoms with Crippen LogP contribution < -0.4 is 10.9 Å². The maximum absolute atomic E-state index is 13.0. The number of carbonyl (C=O) groups is 1. The Morgan fingerprint density at radius 3 is 2.71 bits per heavy atom. The molecule has 2 aromatic heterocycles. The summed E-state index contributed by atoms with van der Waals surface area (Å²) in [5.41, 5.74) is 0.634. The zero-order valence-corrected chi connectivity index (χ0v) is 14.2. The van der Waals surface area contributed by atoms with E-state index in [1.54, 1.807) is 31.3 Å². The third kappa shape index (κ3) is 3.35. The van der Waals surface area contributed by atoms with Crippen molar-refractivity contribution in [1.29, 1.82) is 0 Å². The number of hydrogen-bond donors (Lipinski definition) is 2. The lowest BCUT2D eigenvalue weighted by Gasteiger charge is -2.14. The summed E-state index contributed by atoms with van der Waals surface area (Å²) >= 11 is 3.30. The zero-order valence-electron chi connectivity index (χ0n) is 12.6. The number of halogens is 2. The number of rotatable bonds is 3. The van der Waals surface area contributed by atoms with E-state index in [0.717, 1.165) is 10.0 Å². The average Bonchev–Trinajstić information content (AvgIpc) is 2.55. The molecule has 0 saturated heterocycles. The number of carbonyl (C=O) groups excluding carboxylic acids is 1. The number of hydrogen-bond acceptors (Lipinski definition) is 3. The van der Waals surface area contributed by atoms with Crippen molar-refractivity contribution in [2.75, 3.05) is 0 Å². The molecular formula is C17H13BrFN3O2. The highest BCUT2D eigenvalue weighted by Crippen LogP contribution is 2.16. The number of nitrogens with one attached hydrogen (secondary N) is 2. The maximum atomic E-state index is 13.0. The summed E-state index contributed by atoms with van der Waals surface area (Å²) in [7, 11) is 0. The Morgan fingerprint density at radius 1 is 1.29 bits per heavy atom. The molecule has 122 valence electrons. The molecule has 0 bridgehead atoms. The zero-order chi connectivity index (χ0) is 17.3. The molecule has 2 heterocycles. The van der Waals surface area contributed by atoms with Gasteiger partial charge in [0, 0.05) is 16.1 Å². The Morgan fingerprint density at radius 2 is 2.00 bits per heavy atom. The van der Waals surface area contributed by atoms with Crippen molar-refractivity contribution in [3.05, 3.63) is 74.4 Å². The van der Waals surface area contributed by atoms with Crippen LogP contribution in [0.1, 0.15) is 28.9 Å². The summed E-state index contributed by atoms with van der Waals surface area (Å²) < 4.78 is 13.7. The van der Waals surface area contributed by atoms with Gasteiger partial charge < -0.3 is 10.3 Å². The van der Waals surface area contributed by atoms with Gasteiger partial charge in [-0.1, -0.05) is 12.1 Å². The predicted molar refractivity (Wildman–Crippen MR) is 92.3 cm³/mol. The number of aromatic amines is 1. The second-order valence-corrected chi connectivity index (χ2v) is 6.27. The van der Waals surface area contributed by atoms with Crippen LogP contribution in [0.2, 0.25) is 0 Å². The van der Waals surface area contributed by atoms with E-state index in [9.17, 15) is 14.0 Å². The van der Waals surface area contributed by atoms with Crippen LogP contribution in [0.25, 0.3) is 11.0 Å². The first-order valence-electron chi connectivity index (χ1n) is 7.19. The summed E-state index contributed by atoms with van der Waals surface area (Å²) in [6.45, 7) is 1.76. The first-order chi connectivity index (χ1) is 11.4. The van der Waals surface area contributed by atoms with Gasteiger partial charge in [0.25, 0.3) is 11.5 Å². The van der Waals surface area contributed by atoms with Crippen LogP contribution >= 0.6 is 15.9 Å². The van der Waals surface area contributed by atoms with Gasteiger partial charge in [-0.25, -0.2) is 9.37 Å². The summed E-state index contributed by atoms with van der Waals surface area (Å²) in [6.07, 6.45) is 1.56. The fourth-order valence-corrected chi connectivity index (χ4v) is 2.69. The fraction of sp³-hybridized carbons (Fsp3) is 0.118. The number of pyridine rings is 2. The maximum Gasteiger partial charge on any atom is 0.262 e. The van der Waals surface area contributed by atoms with E-state index in [0.29, 0.717) is 11.0 Å². The number of benzene rings is 1. The molecule has 0 spiro atoms.